The van der Waals surface area contributed by atoms with E-state index in [4.69, 9.17) is 4.52 Å². The Morgan fingerprint density at radius 2 is 1.85 bits per heavy atom. The molecule has 0 spiro atoms. The second kappa shape index (κ2) is 7.82. The molecule has 6 nitrogen and oxygen atoms in total. The third kappa shape index (κ3) is 4.08. The van der Waals surface area contributed by atoms with Gasteiger partial charge in [0.25, 0.3) is 11.8 Å². The van der Waals surface area contributed by atoms with Gasteiger partial charge < -0.3 is 14.7 Å². The maximum absolute atomic E-state index is 12.4. The van der Waals surface area contributed by atoms with Crippen molar-refractivity contribution >= 4 is 11.6 Å². The molecule has 3 aromatic rings. The zero-order chi connectivity index (χ0) is 18.5. The lowest BCUT2D eigenvalue weighted by atomic mass is 10.1. The summed E-state index contributed by atoms with van der Waals surface area (Å²) in [6.45, 7) is 4.39. The van der Waals surface area contributed by atoms with Crippen LogP contribution in [0, 0.1) is 6.92 Å². The van der Waals surface area contributed by atoms with E-state index in [-0.39, 0.29) is 11.9 Å². The molecule has 1 heterocycles. The number of para-hydroxylation sites is 1. The molecule has 0 bridgehead atoms. The molecule has 0 radical (unpaired) electrons. The highest BCUT2D eigenvalue weighted by atomic mass is 16.5. The maximum atomic E-state index is 12.4. The summed E-state index contributed by atoms with van der Waals surface area (Å²) in [5.74, 6) is 0.928. The molecule has 2 aromatic carbocycles. The van der Waals surface area contributed by atoms with Crippen LogP contribution in [0.15, 0.2) is 59.1 Å². The fraction of sp³-hybridized carbons (Fsp3) is 0.250. The minimum Gasteiger partial charge on any atom is -0.370 e. The van der Waals surface area contributed by atoms with Gasteiger partial charge in [0, 0.05) is 36.4 Å². The average Bonchev–Trinajstić information content (AvgIpc) is 3.12. The van der Waals surface area contributed by atoms with Gasteiger partial charge in [-0.2, -0.15) is 4.98 Å². The molecule has 3 rings (SSSR count). The summed E-state index contributed by atoms with van der Waals surface area (Å²) in [7, 11) is 2.02. The van der Waals surface area contributed by atoms with Gasteiger partial charge in [-0.3, -0.25) is 4.79 Å². The van der Waals surface area contributed by atoms with E-state index in [1.165, 1.54) is 0 Å². The molecule has 1 atom stereocenters. The molecule has 0 aliphatic heterocycles. The molecule has 1 N–H and O–H groups in total. The normalized spacial score (nSPS) is 11.8. The quantitative estimate of drug-likeness (QED) is 0.738. The molecule has 0 aliphatic rings. The number of hydrogen-bond donors (Lipinski definition) is 1. The average molecular weight is 350 g/mol. The number of aromatic nitrogens is 2. The zero-order valence-corrected chi connectivity index (χ0v) is 15.1. The molecule has 0 aliphatic carbocycles. The van der Waals surface area contributed by atoms with Crippen LogP contribution in [0.2, 0.25) is 0 Å². The molecular weight excluding hydrogens is 328 g/mol. The highest BCUT2D eigenvalue weighted by molar-refractivity contribution is 5.94. The smallest absolute Gasteiger partial charge is 0.257 e. The van der Waals surface area contributed by atoms with Gasteiger partial charge in [0.05, 0.1) is 0 Å². The number of rotatable bonds is 6. The molecule has 1 amide bonds. The molecular formula is C20H22N4O2. The van der Waals surface area contributed by atoms with Gasteiger partial charge in [0.1, 0.15) is 0 Å². The van der Waals surface area contributed by atoms with Crippen LogP contribution in [0.3, 0.4) is 0 Å². The SMILES string of the molecule is Cc1noc(-c2ccc(C(=O)NC[C@H](C)N(C)c3ccccc3)cc2)n1. The Labute approximate surface area is 152 Å². The van der Waals surface area contributed by atoms with Gasteiger partial charge >= 0.3 is 0 Å². The van der Waals surface area contributed by atoms with E-state index in [1.807, 2.05) is 25.2 Å². The summed E-state index contributed by atoms with van der Waals surface area (Å²) in [6, 6.07) is 17.4. The number of nitrogens with one attached hydrogen (secondary N) is 1. The van der Waals surface area contributed by atoms with Crippen LogP contribution in [-0.4, -0.2) is 35.7 Å². The number of aryl methyl sites for hydroxylation is 1. The van der Waals surface area contributed by atoms with E-state index >= 15 is 0 Å². The first kappa shape index (κ1) is 17.7. The summed E-state index contributed by atoms with van der Waals surface area (Å²) in [5.41, 5.74) is 2.51. The number of carbonyl (C=O) groups is 1. The predicted molar refractivity (Wildman–Crippen MR) is 101 cm³/mol. The van der Waals surface area contributed by atoms with Crippen molar-refractivity contribution in [2.24, 2.45) is 0 Å². The van der Waals surface area contributed by atoms with Crippen molar-refractivity contribution in [3.05, 3.63) is 66.0 Å². The highest BCUT2D eigenvalue weighted by Crippen LogP contribution is 2.18. The minimum absolute atomic E-state index is 0.105. The summed E-state index contributed by atoms with van der Waals surface area (Å²) >= 11 is 0. The largest absolute Gasteiger partial charge is 0.370 e. The molecule has 1 aromatic heterocycles. The highest BCUT2D eigenvalue weighted by Gasteiger charge is 2.13. The van der Waals surface area contributed by atoms with Crippen molar-refractivity contribution in [2.75, 3.05) is 18.5 Å². The van der Waals surface area contributed by atoms with Crippen LogP contribution in [-0.2, 0) is 0 Å². The molecule has 6 heteroatoms. The number of carbonyl (C=O) groups excluding carboxylic acids is 1. The van der Waals surface area contributed by atoms with E-state index in [9.17, 15) is 4.79 Å². The van der Waals surface area contributed by atoms with Crippen LogP contribution in [0.4, 0.5) is 5.69 Å². The number of hydrogen-bond acceptors (Lipinski definition) is 5. The van der Waals surface area contributed by atoms with Crippen molar-refractivity contribution in [3.8, 4) is 11.5 Å². The van der Waals surface area contributed by atoms with Gasteiger partial charge in [0.15, 0.2) is 5.82 Å². The Morgan fingerprint density at radius 1 is 1.15 bits per heavy atom. The Kier molecular flexibility index (Phi) is 5.31. The van der Waals surface area contributed by atoms with Crippen molar-refractivity contribution in [2.45, 2.75) is 19.9 Å². The van der Waals surface area contributed by atoms with Crippen molar-refractivity contribution in [3.63, 3.8) is 0 Å². The summed E-state index contributed by atoms with van der Waals surface area (Å²) < 4.78 is 5.13. The first-order valence-electron chi connectivity index (χ1n) is 8.51. The van der Waals surface area contributed by atoms with Gasteiger partial charge in [0.2, 0.25) is 0 Å². The molecule has 134 valence electrons. The maximum Gasteiger partial charge on any atom is 0.257 e. The van der Waals surface area contributed by atoms with Crippen molar-refractivity contribution in [1.82, 2.24) is 15.5 Å². The number of nitrogens with zero attached hydrogens (tertiary/aromatic N) is 3. The Balaban J connectivity index is 1.58. The second-order valence-electron chi connectivity index (χ2n) is 6.23. The fourth-order valence-corrected chi connectivity index (χ4v) is 2.58. The number of likely N-dealkylation sites (N-methyl/N-ethyl adjacent to an activating group) is 1. The number of amides is 1. The Hall–Kier alpha value is -3.15. The summed E-state index contributed by atoms with van der Waals surface area (Å²) in [5, 5.41) is 6.75. The topological polar surface area (TPSA) is 71.3 Å². The molecule has 0 unspecified atom stereocenters. The fourth-order valence-electron chi connectivity index (χ4n) is 2.58. The van der Waals surface area contributed by atoms with Crippen LogP contribution in [0.25, 0.3) is 11.5 Å². The molecule has 0 saturated carbocycles. The van der Waals surface area contributed by atoms with E-state index < -0.39 is 0 Å². The first-order valence-corrected chi connectivity index (χ1v) is 8.51. The van der Waals surface area contributed by atoms with Crippen LogP contribution < -0.4 is 10.2 Å². The van der Waals surface area contributed by atoms with Gasteiger partial charge in [-0.15, -0.1) is 0 Å². The number of anilines is 1. The third-order valence-corrected chi connectivity index (χ3v) is 4.30. The van der Waals surface area contributed by atoms with Crippen LogP contribution in [0.1, 0.15) is 23.1 Å². The van der Waals surface area contributed by atoms with Crippen LogP contribution >= 0.6 is 0 Å². The first-order chi connectivity index (χ1) is 12.5. The van der Waals surface area contributed by atoms with Gasteiger partial charge in [-0.1, -0.05) is 23.4 Å². The van der Waals surface area contributed by atoms with E-state index in [0.29, 0.717) is 23.8 Å². The lowest BCUT2D eigenvalue weighted by Gasteiger charge is -2.27. The third-order valence-electron chi connectivity index (χ3n) is 4.30. The molecule has 0 saturated heterocycles. The van der Waals surface area contributed by atoms with Crippen molar-refractivity contribution in [1.29, 1.82) is 0 Å². The van der Waals surface area contributed by atoms with E-state index in [0.717, 1.165) is 11.3 Å². The van der Waals surface area contributed by atoms with E-state index in [2.05, 4.69) is 39.4 Å². The molecule has 0 fully saturated rings. The van der Waals surface area contributed by atoms with E-state index in [1.54, 1.807) is 31.2 Å². The predicted octanol–water partition coefficient (Wildman–Crippen LogP) is 3.30. The lowest BCUT2D eigenvalue weighted by molar-refractivity contribution is 0.0951. The number of benzene rings is 2. The second-order valence-corrected chi connectivity index (χ2v) is 6.23. The molecule has 26 heavy (non-hydrogen) atoms. The monoisotopic (exact) mass is 350 g/mol. The Bertz CT molecular complexity index is 859. The zero-order valence-electron chi connectivity index (χ0n) is 15.1. The lowest BCUT2D eigenvalue weighted by Crippen LogP contribution is -2.40. The standard InChI is InChI=1S/C20H22N4O2/c1-14(24(3)18-7-5-4-6-8-18)13-21-19(25)16-9-11-17(12-10-16)20-22-15(2)23-26-20/h4-12,14H,13H2,1-3H3,(H,21,25)/t14-/m0/s1. The van der Waals surface area contributed by atoms with Crippen molar-refractivity contribution < 1.29 is 9.32 Å². The minimum atomic E-state index is -0.105. The summed E-state index contributed by atoms with van der Waals surface area (Å²) in [4.78, 5) is 18.7. The Morgan fingerprint density at radius 3 is 2.46 bits per heavy atom. The van der Waals surface area contributed by atoms with Gasteiger partial charge in [-0.05, 0) is 50.2 Å². The van der Waals surface area contributed by atoms with Crippen LogP contribution in [0.5, 0.6) is 0 Å². The van der Waals surface area contributed by atoms with Gasteiger partial charge in [-0.25, -0.2) is 0 Å². The summed E-state index contributed by atoms with van der Waals surface area (Å²) in [6.07, 6.45) is 0.